The second-order valence-electron chi connectivity index (χ2n) is 4.86. The normalized spacial score (nSPS) is 11.0. The van der Waals surface area contributed by atoms with E-state index in [0.29, 0.717) is 4.90 Å². The third kappa shape index (κ3) is 4.80. The van der Waals surface area contributed by atoms with Crippen LogP contribution < -0.4 is 5.32 Å². The number of anilines is 1. The molecule has 0 unspecified atom stereocenters. The molecule has 0 heterocycles. The summed E-state index contributed by atoms with van der Waals surface area (Å²) in [4.78, 5) is 22.8. The Kier molecular flexibility index (Phi) is 5.58. The molecule has 9 heteroatoms. The molecule has 1 amide bonds. The summed E-state index contributed by atoms with van der Waals surface area (Å²) < 4.78 is 23.4. The van der Waals surface area contributed by atoms with Gasteiger partial charge in [0.25, 0.3) is 5.69 Å². The molecule has 1 N–H and O–H groups in total. The molecule has 2 rings (SSSR count). The van der Waals surface area contributed by atoms with E-state index >= 15 is 0 Å². The fourth-order valence-electron chi connectivity index (χ4n) is 1.89. The molecule has 2 aromatic rings. The summed E-state index contributed by atoms with van der Waals surface area (Å²) in [6.07, 6.45) is 1.07. The summed E-state index contributed by atoms with van der Waals surface area (Å²) in [5.74, 6) is -0.315. The van der Waals surface area contributed by atoms with Crippen molar-refractivity contribution in [2.45, 2.75) is 9.79 Å². The fourth-order valence-corrected chi connectivity index (χ4v) is 3.44. The number of sulfone groups is 1. The number of thioether (sulfide) groups is 1. The van der Waals surface area contributed by atoms with Gasteiger partial charge in [-0.05, 0) is 24.3 Å². The minimum Gasteiger partial charge on any atom is -0.324 e. The largest absolute Gasteiger partial charge is 0.324 e. The van der Waals surface area contributed by atoms with Crippen molar-refractivity contribution in [2.75, 3.05) is 17.3 Å². The molecular weight excluding hydrogens is 352 g/mol. The first kappa shape index (κ1) is 18.0. The van der Waals surface area contributed by atoms with Crippen LogP contribution in [0.1, 0.15) is 0 Å². The lowest BCUT2D eigenvalue weighted by Gasteiger charge is -2.09. The molecule has 0 aliphatic carbocycles. The maximum Gasteiger partial charge on any atom is 0.269 e. The van der Waals surface area contributed by atoms with Gasteiger partial charge in [0.1, 0.15) is 0 Å². The van der Waals surface area contributed by atoms with Crippen molar-refractivity contribution in [2.24, 2.45) is 0 Å². The molecule has 0 fully saturated rings. The lowest BCUT2D eigenvalue weighted by Crippen LogP contribution is -2.16. The minimum absolute atomic E-state index is 0.0223. The predicted molar refractivity (Wildman–Crippen MR) is 92.0 cm³/mol. The van der Waals surface area contributed by atoms with Crippen LogP contribution in [0.3, 0.4) is 0 Å². The molecular formula is C15H14N2O5S2. The zero-order chi connectivity index (χ0) is 17.7. The Balaban J connectivity index is 2.01. The Labute approximate surface area is 143 Å². The van der Waals surface area contributed by atoms with Gasteiger partial charge in [0.2, 0.25) is 5.91 Å². The van der Waals surface area contributed by atoms with Crippen LogP contribution in [0.2, 0.25) is 0 Å². The van der Waals surface area contributed by atoms with Crippen molar-refractivity contribution < 1.29 is 18.1 Å². The number of nitrogens with one attached hydrogen (secondary N) is 1. The van der Waals surface area contributed by atoms with Crippen molar-refractivity contribution in [3.05, 3.63) is 58.6 Å². The number of benzene rings is 2. The molecule has 0 spiro atoms. The van der Waals surface area contributed by atoms with E-state index < -0.39 is 14.8 Å². The highest BCUT2D eigenvalue weighted by Crippen LogP contribution is 2.23. The van der Waals surface area contributed by atoms with Crippen molar-refractivity contribution in [1.29, 1.82) is 0 Å². The number of rotatable bonds is 6. The molecule has 0 aliphatic heterocycles. The first-order chi connectivity index (χ1) is 11.3. The first-order valence-corrected chi connectivity index (χ1v) is 9.61. The van der Waals surface area contributed by atoms with Crippen molar-refractivity contribution in [3.8, 4) is 0 Å². The zero-order valence-corrected chi connectivity index (χ0v) is 14.3. The number of nitrogens with zero attached hydrogens (tertiary/aromatic N) is 1. The Hall–Kier alpha value is -2.39. The van der Waals surface area contributed by atoms with E-state index in [2.05, 4.69) is 5.32 Å². The van der Waals surface area contributed by atoms with Crippen LogP contribution in [0.15, 0.2) is 58.3 Å². The van der Waals surface area contributed by atoms with Crippen LogP contribution in [0.5, 0.6) is 0 Å². The summed E-state index contributed by atoms with van der Waals surface area (Å²) in [7, 11) is -3.44. The number of carbonyl (C=O) groups is 1. The fraction of sp³-hybridized carbons (Fsp3) is 0.133. The maximum absolute atomic E-state index is 12.0. The molecule has 0 aliphatic rings. The third-order valence-electron chi connectivity index (χ3n) is 2.98. The Morgan fingerprint density at radius 3 is 2.38 bits per heavy atom. The van der Waals surface area contributed by atoms with Gasteiger partial charge in [0.05, 0.1) is 21.3 Å². The smallest absolute Gasteiger partial charge is 0.269 e. The SMILES string of the molecule is CS(=O)(=O)c1ccccc1NC(=O)CSc1ccc([N+](=O)[O-])cc1. The van der Waals surface area contributed by atoms with Gasteiger partial charge in [-0.3, -0.25) is 14.9 Å². The van der Waals surface area contributed by atoms with E-state index in [1.165, 1.54) is 36.0 Å². The van der Waals surface area contributed by atoms with Crippen LogP contribution >= 0.6 is 11.8 Å². The van der Waals surface area contributed by atoms with Gasteiger partial charge in [-0.15, -0.1) is 11.8 Å². The Morgan fingerprint density at radius 1 is 1.17 bits per heavy atom. The van der Waals surface area contributed by atoms with Gasteiger partial charge < -0.3 is 5.32 Å². The van der Waals surface area contributed by atoms with Gasteiger partial charge in [0, 0.05) is 23.3 Å². The number of amides is 1. The van der Waals surface area contributed by atoms with Crippen LogP contribution in [-0.4, -0.2) is 31.3 Å². The average Bonchev–Trinajstić information content (AvgIpc) is 2.53. The Morgan fingerprint density at radius 2 is 1.79 bits per heavy atom. The summed E-state index contributed by atoms with van der Waals surface area (Å²) in [6.45, 7) is 0. The highest BCUT2D eigenvalue weighted by Gasteiger charge is 2.14. The molecule has 0 saturated carbocycles. The number of carbonyl (C=O) groups excluding carboxylic acids is 1. The number of nitro benzene ring substituents is 1. The van der Waals surface area contributed by atoms with Crippen LogP contribution in [0, 0.1) is 10.1 Å². The summed E-state index contributed by atoms with van der Waals surface area (Å²) in [5, 5.41) is 13.1. The van der Waals surface area contributed by atoms with Crippen LogP contribution in [-0.2, 0) is 14.6 Å². The topological polar surface area (TPSA) is 106 Å². The second-order valence-corrected chi connectivity index (χ2v) is 7.89. The molecule has 126 valence electrons. The van der Waals surface area contributed by atoms with E-state index in [1.807, 2.05) is 0 Å². The number of para-hydroxylation sites is 1. The van der Waals surface area contributed by atoms with E-state index in [-0.39, 0.29) is 27.9 Å². The second kappa shape index (κ2) is 7.45. The molecule has 7 nitrogen and oxygen atoms in total. The summed E-state index contributed by atoms with van der Waals surface area (Å²) in [5.41, 5.74) is 0.209. The van der Waals surface area contributed by atoms with Gasteiger partial charge in [-0.25, -0.2) is 8.42 Å². The van der Waals surface area contributed by atoms with Crippen molar-refractivity contribution >= 4 is 38.9 Å². The van der Waals surface area contributed by atoms with Gasteiger partial charge in [-0.1, -0.05) is 12.1 Å². The quantitative estimate of drug-likeness (QED) is 0.479. The van der Waals surface area contributed by atoms with E-state index in [4.69, 9.17) is 0 Å². The molecule has 24 heavy (non-hydrogen) atoms. The molecule has 0 radical (unpaired) electrons. The average molecular weight is 366 g/mol. The number of non-ortho nitro benzene ring substituents is 1. The summed E-state index contributed by atoms with van der Waals surface area (Å²) in [6, 6.07) is 12.0. The van der Waals surface area contributed by atoms with E-state index in [9.17, 15) is 23.3 Å². The minimum atomic E-state index is -3.44. The molecule has 2 aromatic carbocycles. The lowest BCUT2D eigenvalue weighted by molar-refractivity contribution is -0.384. The molecule has 0 aromatic heterocycles. The van der Waals surface area contributed by atoms with Crippen LogP contribution in [0.4, 0.5) is 11.4 Å². The van der Waals surface area contributed by atoms with Gasteiger partial charge in [-0.2, -0.15) is 0 Å². The molecule has 0 bridgehead atoms. The first-order valence-electron chi connectivity index (χ1n) is 6.73. The van der Waals surface area contributed by atoms with Crippen molar-refractivity contribution in [1.82, 2.24) is 0 Å². The van der Waals surface area contributed by atoms with E-state index in [0.717, 1.165) is 6.26 Å². The number of hydrogen-bond acceptors (Lipinski definition) is 6. The maximum atomic E-state index is 12.0. The van der Waals surface area contributed by atoms with Crippen molar-refractivity contribution in [3.63, 3.8) is 0 Å². The highest BCUT2D eigenvalue weighted by atomic mass is 32.2. The zero-order valence-electron chi connectivity index (χ0n) is 12.6. The van der Waals surface area contributed by atoms with E-state index in [1.54, 1.807) is 24.3 Å². The standard InChI is InChI=1S/C15H14N2O5S2/c1-24(21,22)14-5-3-2-4-13(14)16-15(18)10-23-12-8-6-11(7-9-12)17(19)20/h2-9H,10H2,1H3,(H,16,18). The van der Waals surface area contributed by atoms with Gasteiger partial charge in [0.15, 0.2) is 9.84 Å². The molecule has 0 saturated heterocycles. The molecule has 0 atom stereocenters. The third-order valence-corrected chi connectivity index (χ3v) is 5.15. The number of hydrogen-bond donors (Lipinski definition) is 1. The predicted octanol–water partition coefficient (Wildman–Crippen LogP) is 2.73. The lowest BCUT2D eigenvalue weighted by atomic mass is 10.3. The van der Waals surface area contributed by atoms with Crippen LogP contribution in [0.25, 0.3) is 0 Å². The van der Waals surface area contributed by atoms with Gasteiger partial charge >= 0.3 is 0 Å². The Bertz CT molecular complexity index is 864. The summed E-state index contributed by atoms with van der Waals surface area (Å²) >= 11 is 1.20. The highest BCUT2D eigenvalue weighted by molar-refractivity contribution is 8.00. The monoisotopic (exact) mass is 366 g/mol. The number of nitro groups is 1.